The Balaban J connectivity index is 1.94. The van der Waals surface area contributed by atoms with E-state index in [1.807, 2.05) is 6.07 Å². The minimum atomic E-state index is -3.17. The molecule has 1 aliphatic rings. The first-order chi connectivity index (χ1) is 7.65. The molecule has 1 fully saturated rings. The molecule has 0 radical (unpaired) electrons. The van der Waals surface area contributed by atoms with E-state index in [4.69, 9.17) is 0 Å². The summed E-state index contributed by atoms with van der Waals surface area (Å²) in [5.74, 6) is 0. The Hall–Kier alpha value is -1.56. The van der Waals surface area contributed by atoms with Crippen LogP contribution in [-0.2, 0) is 10.0 Å². The van der Waals surface area contributed by atoms with Crippen LogP contribution >= 0.6 is 0 Å². The lowest BCUT2D eigenvalue weighted by molar-refractivity contribution is 0.600. The quantitative estimate of drug-likeness (QED) is 0.873. The minimum Gasteiger partial charge on any atom is -0.283 e. The fraction of sp³-hybridized carbons (Fsp3) is 0.300. The van der Waals surface area contributed by atoms with Crippen LogP contribution in [0, 0.1) is 0 Å². The number of nitrogens with zero attached hydrogens (tertiary/aromatic N) is 2. The molecule has 84 valence electrons. The standard InChI is InChI=1S/C10H11N3O2S/c14-16(15,10-1-2-10)12-8-4-6-13-9(7-8)3-5-11-13/h3-7,10,12H,1-2H2. The largest absolute Gasteiger partial charge is 0.283 e. The third kappa shape index (κ3) is 1.65. The van der Waals surface area contributed by atoms with Gasteiger partial charge in [-0.15, -0.1) is 0 Å². The van der Waals surface area contributed by atoms with E-state index in [2.05, 4.69) is 9.82 Å². The highest BCUT2D eigenvalue weighted by molar-refractivity contribution is 7.93. The molecular formula is C10H11N3O2S. The molecule has 0 bridgehead atoms. The summed E-state index contributed by atoms with van der Waals surface area (Å²) in [5, 5.41) is 3.84. The lowest BCUT2D eigenvalue weighted by Gasteiger charge is -2.06. The first-order valence-electron chi connectivity index (χ1n) is 5.10. The van der Waals surface area contributed by atoms with Crippen molar-refractivity contribution in [2.75, 3.05) is 4.72 Å². The second-order valence-corrected chi connectivity index (χ2v) is 5.92. The summed E-state index contributed by atoms with van der Waals surface area (Å²) in [6.45, 7) is 0. The van der Waals surface area contributed by atoms with Crippen molar-refractivity contribution in [1.29, 1.82) is 0 Å². The highest BCUT2D eigenvalue weighted by atomic mass is 32.2. The van der Waals surface area contributed by atoms with E-state index >= 15 is 0 Å². The van der Waals surface area contributed by atoms with Crippen LogP contribution in [0.15, 0.2) is 30.6 Å². The van der Waals surface area contributed by atoms with Crippen LogP contribution in [-0.4, -0.2) is 23.3 Å². The number of fused-ring (bicyclic) bond motifs is 1. The molecule has 0 unspecified atom stereocenters. The summed E-state index contributed by atoms with van der Waals surface area (Å²) in [7, 11) is -3.17. The second kappa shape index (κ2) is 3.21. The molecule has 2 aromatic heterocycles. The Morgan fingerprint density at radius 2 is 2.19 bits per heavy atom. The minimum absolute atomic E-state index is 0.200. The molecule has 0 aliphatic heterocycles. The van der Waals surface area contributed by atoms with E-state index < -0.39 is 10.0 Å². The Morgan fingerprint density at radius 3 is 2.94 bits per heavy atom. The van der Waals surface area contributed by atoms with Gasteiger partial charge in [-0.25, -0.2) is 12.9 Å². The third-order valence-corrected chi connectivity index (χ3v) is 4.49. The van der Waals surface area contributed by atoms with E-state index in [0.29, 0.717) is 5.69 Å². The fourth-order valence-electron chi connectivity index (χ4n) is 1.61. The zero-order valence-electron chi connectivity index (χ0n) is 8.50. The number of aromatic nitrogens is 2. The Morgan fingerprint density at radius 1 is 1.38 bits per heavy atom. The van der Waals surface area contributed by atoms with E-state index in [9.17, 15) is 8.42 Å². The third-order valence-electron chi connectivity index (χ3n) is 2.62. The number of rotatable bonds is 3. The van der Waals surface area contributed by atoms with Crippen molar-refractivity contribution in [3.63, 3.8) is 0 Å². The van der Waals surface area contributed by atoms with Crippen molar-refractivity contribution in [3.05, 3.63) is 30.6 Å². The summed E-state index contributed by atoms with van der Waals surface area (Å²) in [6, 6.07) is 5.31. The van der Waals surface area contributed by atoms with Crippen molar-refractivity contribution in [1.82, 2.24) is 9.61 Å². The van der Waals surface area contributed by atoms with Gasteiger partial charge in [0, 0.05) is 12.4 Å². The van der Waals surface area contributed by atoms with Crippen molar-refractivity contribution in [3.8, 4) is 0 Å². The van der Waals surface area contributed by atoms with Crippen molar-refractivity contribution < 1.29 is 8.42 Å². The van der Waals surface area contributed by atoms with Crippen LogP contribution < -0.4 is 4.72 Å². The predicted molar refractivity (Wildman–Crippen MR) is 60.8 cm³/mol. The zero-order chi connectivity index (χ0) is 11.2. The van der Waals surface area contributed by atoms with Gasteiger partial charge in [0.1, 0.15) is 0 Å². The number of anilines is 1. The summed E-state index contributed by atoms with van der Waals surface area (Å²) < 4.78 is 27.7. The molecule has 0 aromatic carbocycles. The predicted octanol–water partition coefficient (Wildman–Crippen LogP) is 1.24. The molecule has 1 aliphatic carbocycles. The summed E-state index contributed by atoms with van der Waals surface area (Å²) in [4.78, 5) is 0. The van der Waals surface area contributed by atoms with E-state index in [1.54, 1.807) is 29.0 Å². The summed E-state index contributed by atoms with van der Waals surface area (Å²) in [5.41, 5.74) is 1.47. The summed E-state index contributed by atoms with van der Waals surface area (Å²) in [6.07, 6.45) is 4.95. The molecule has 6 heteroatoms. The molecule has 0 atom stereocenters. The van der Waals surface area contributed by atoms with Gasteiger partial charge < -0.3 is 0 Å². The first kappa shape index (κ1) is 9.65. The molecule has 1 saturated carbocycles. The molecule has 1 N–H and O–H groups in total. The maximum Gasteiger partial charge on any atom is 0.235 e. The first-order valence-corrected chi connectivity index (χ1v) is 6.65. The van der Waals surface area contributed by atoms with Gasteiger partial charge in [-0.3, -0.25) is 4.72 Å². The van der Waals surface area contributed by atoms with Crippen LogP contribution in [0.5, 0.6) is 0 Å². The number of pyridine rings is 1. The molecule has 2 aromatic rings. The topological polar surface area (TPSA) is 63.5 Å². The van der Waals surface area contributed by atoms with Gasteiger partial charge in [-0.05, 0) is 31.0 Å². The zero-order valence-corrected chi connectivity index (χ0v) is 9.31. The van der Waals surface area contributed by atoms with Crippen molar-refractivity contribution >= 4 is 21.2 Å². The maximum atomic E-state index is 11.7. The molecular weight excluding hydrogens is 226 g/mol. The molecule has 0 spiro atoms. The van der Waals surface area contributed by atoms with Gasteiger partial charge in [0.2, 0.25) is 10.0 Å². The van der Waals surface area contributed by atoms with Crippen LogP contribution in [0.1, 0.15) is 12.8 Å². The Kier molecular flexibility index (Phi) is 1.94. The Labute approximate surface area is 93.1 Å². The van der Waals surface area contributed by atoms with Crippen molar-refractivity contribution in [2.24, 2.45) is 0 Å². The average molecular weight is 237 g/mol. The number of hydrogen-bond acceptors (Lipinski definition) is 3. The van der Waals surface area contributed by atoms with E-state index in [-0.39, 0.29) is 5.25 Å². The number of hydrogen-bond donors (Lipinski definition) is 1. The molecule has 0 saturated heterocycles. The summed E-state index contributed by atoms with van der Waals surface area (Å²) >= 11 is 0. The highest BCUT2D eigenvalue weighted by Crippen LogP contribution is 2.29. The molecule has 3 rings (SSSR count). The molecule has 5 nitrogen and oxygen atoms in total. The van der Waals surface area contributed by atoms with Crippen LogP contribution in [0.3, 0.4) is 0 Å². The fourth-order valence-corrected chi connectivity index (χ4v) is 2.99. The average Bonchev–Trinajstić information content (AvgIpc) is 2.99. The lowest BCUT2D eigenvalue weighted by Crippen LogP contribution is -2.17. The normalized spacial score (nSPS) is 16.5. The van der Waals surface area contributed by atoms with Gasteiger partial charge in [-0.1, -0.05) is 0 Å². The highest BCUT2D eigenvalue weighted by Gasteiger charge is 2.35. The molecule has 0 amide bonds. The molecule has 2 heterocycles. The van der Waals surface area contributed by atoms with Gasteiger partial charge in [0.25, 0.3) is 0 Å². The Bertz CT molecular complexity index is 628. The number of nitrogens with one attached hydrogen (secondary N) is 1. The SMILES string of the molecule is O=S(=O)(Nc1ccn2nccc2c1)C1CC1. The monoisotopic (exact) mass is 237 g/mol. The smallest absolute Gasteiger partial charge is 0.235 e. The van der Waals surface area contributed by atoms with E-state index in [1.165, 1.54) is 0 Å². The van der Waals surface area contributed by atoms with Crippen LogP contribution in [0.25, 0.3) is 5.52 Å². The number of sulfonamides is 1. The van der Waals surface area contributed by atoms with Crippen LogP contribution in [0.4, 0.5) is 5.69 Å². The van der Waals surface area contributed by atoms with Gasteiger partial charge in [0.15, 0.2) is 0 Å². The lowest BCUT2D eigenvalue weighted by atomic mass is 10.4. The van der Waals surface area contributed by atoms with Crippen LogP contribution in [0.2, 0.25) is 0 Å². The van der Waals surface area contributed by atoms with Gasteiger partial charge >= 0.3 is 0 Å². The van der Waals surface area contributed by atoms with Gasteiger partial charge in [0.05, 0.1) is 16.5 Å². The van der Waals surface area contributed by atoms with E-state index in [0.717, 1.165) is 18.4 Å². The second-order valence-electron chi connectivity index (χ2n) is 3.96. The van der Waals surface area contributed by atoms with Crippen molar-refractivity contribution in [2.45, 2.75) is 18.1 Å². The molecule has 16 heavy (non-hydrogen) atoms. The maximum absolute atomic E-state index is 11.7. The van der Waals surface area contributed by atoms with Gasteiger partial charge in [-0.2, -0.15) is 5.10 Å².